The van der Waals surface area contributed by atoms with Gasteiger partial charge in [0.05, 0.1) is 5.75 Å². The number of Topliss-reactive ketones (excluding diaryl/α,β-unsaturated/α-hetero) is 1. The third-order valence-corrected chi connectivity index (χ3v) is 4.61. The Kier molecular flexibility index (Phi) is 4.92. The maximum atomic E-state index is 13.4. The van der Waals surface area contributed by atoms with Gasteiger partial charge in [-0.1, -0.05) is 0 Å². The highest BCUT2D eigenvalue weighted by Gasteiger charge is 2.12. The van der Waals surface area contributed by atoms with Gasteiger partial charge in [-0.25, -0.2) is 12.8 Å². The van der Waals surface area contributed by atoms with Crippen molar-refractivity contribution in [3.05, 3.63) is 29.1 Å². The fourth-order valence-corrected chi connectivity index (χ4v) is 3.74. The monoisotopic (exact) mass is 290 g/mol. The van der Waals surface area contributed by atoms with Crippen LogP contribution >= 0.6 is 11.8 Å². The molecule has 0 fully saturated rings. The summed E-state index contributed by atoms with van der Waals surface area (Å²) in [5.74, 6) is -0.265. The van der Waals surface area contributed by atoms with Crippen LogP contribution in [0.1, 0.15) is 22.8 Å². The SMILES string of the molecule is CC(=O)c1cc(F)c(C)cc1SCCS(C)(=O)=O. The Morgan fingerprint density at radius 1 is 1.39 bits per heavy atom. The molecule has 100 valence electrons. The number of carbonyl (C=O) groups excluding carboxylic acids is 1. The van der Waals surface area contributed by atoms with Crippen LogP contribution in [0.15, 0.2) is 17.0 Å². The molecule has 0 saturated heterocycles. The van der Waals surface area contributed by atoms with Crippen molar-refractivity contribution in [3.63, 3.8) is 0 Å². The Balaban J connectivity index is 2.94. The number of hydrogen-bond acceptors (Lipinski definition) is 4. The van der Waals surface area contributed by atoms with E-state index in [1.54, 1.807) is 13.0 Å². The van der Waals surface area contributed by atoms with E-state index < -0.39 is 15.7 Å². The molecule has 0 spiro atoms. The van der Waals surface area contributed by atoms with E-state index in [1.807, 2.05) is 0 Å². The number of rotatable bonds is 5. The molecule has 0 bridgehead atoms. The highest BCUT2D eigenvalue weighted by Crippen LogP contribution is 2.26. The molecule has 0 unspecified atom stereocenters. The third kappa shape index (κ3) is 4.42. The number of sulfone groups is 1. The van der Waals surface area contributed by atoms with Crippen LogP contribution < -0.4 is 0 Å². The van der Waals surface area contributed by atoms with Crippen molar-refractivity contribution >= 4 is 27.4 Å². The molecule has 0 aromatic heterocycles. The Labute approximate surface area is 111 Å². The number of halogens is 1. The largest absolute Gasteiger partial charge is 0.294 e. The molecular formula is C12H15FO3S2. The van der Waals surface area contributed by atoms with E-state index in [2.05, 4.69) is 0 Å². The van der Waals surface area contributed by atoms with Gasteiger partial charge in [0.1, 0.15) is 15.7 Å². The normalized spacial score (nSPS) is 11.6. The topological polar surface area (TPSA) is 51.2 Å². The Morgan fingerprint density at radius 2 is 2.00 bits per heavy atom. The van der Waals surface area contributed by atoms with Crippen molar-refractivity contribution in [3.8, 4) is 0 Å². The zero-order valence-electron chi connectivity index (χ0n) is 10.5. The van der Waals surface area contributed by atoms with Crippen LogP contribution in [-0.2, 0) is 9.84 Å². The zero-order chi connectivity index (χ0) is 13.9. The number of aryl methyl sites for hydroxylation is 1. The molecule has 0 aliphatic carbocycles. The van der Waals surface area contributed by atoms with Crippen LogP contribution in [0.4, 0.5) is 4.39 Å². The quantitative estimate of drug-likeness (QED) is 0.617. The summed E-state index contributed by atoms with van der Waals surface area (Å²) in [5, 5.41) is 0. The predicted octanol–water partition coefficient (Wildman–Crippen LogP) is 2.47. The van der Waals surface area contributed by atoms with Gasteiger partial charge in [0.2, 0.25) is 0 Å². The zero-order valence-corrected chi connectivity index (χ0v) is 12.1. The van der Waals surface area contributed by atoms with E-state index >= 15 is 0 Å². The van der Waals surface area contributed by atoms with E-state index in [-0.39, 0.29) is 11.5 Å². The molecule has 0 heterocycles. The van der Waals surface area contributed by atoms with E-state index in [0.29, 0.717) is 21.8 Å². The summed E-state index contributed by atoms with van der Waals surface area (Å²) in [5.41, 5.74) is 0.749. The molecule has 6 heteroatoms. The van der Waals surface area contributed by atoms with Gasteiger partial charge in [-0.15, -0.1) is 11.8 Å². The summed E-state index contributed by atoms with van der Waals surface area (Å²) >= 11 is 1.26. The molecule has 0 aliphatic rings. The van der Waals surface area contributed by atoms with E-state index in [9.17, 15) is 17.6 Å². The molecule has 0 aliphatic heterocycles. The standard InChI is InChI=1S/C12H15FO3S2/c1-8-6-12(17-4-5-18(3,15)16)10(9(2)14)7-11(8)13/h6-7H,4-5H2,1-3H3. The fourth-order valence-electron chi connectivity index (χ4n) is 1.35. The van der Waals surface area contributed by atoms with Gasteiger partial charge in [-0.05, 0) is 31.5 Å². The van der Waals surface area contributed by atoms with Gasteiger partial charge >= 0.3 is 0 Å². The van der Waals surface area contributed by atoms with Gasteiger partial charge in [-0.3, -0.25) is 4.79 Å². The highest BCUT2D eigenvalue weighted by atomic mass is 32.2. The molecule has 0 saturated carbocycles. The Morgan fingerprint density at radius 3 is 2.50 bits per heavy atom. The smallest absolute Gasteiger partial charge is 0.161 e. The van der Waals surface area contributed by atoms with E-state index in [1.165, 1.54) is 24.8 Å². The summed E-state index contributed by atoms with van der Waals surface area (Å²) in [7, 11) is -3.03. The number of hydrogen-bond donors (Lipinski definition) is 0. The number of thioether (sulfide) groups is 1. The molecule has 0 amide bonds. The van der Waals surface area contributed by atoms with Gasteiger partial charge in [0.25, 0.3) is 0 Å². The van der Waals surface area contributed by atoms with Crippen LogP contribution in [0.25, 0.3) is 0 Å². The fraction of sp³-hybridized carbons (Fsp3) is 0.417. The minimum Gasteiger partial charge on any atom is -0.294 e. The molecule has 18 heavy (non-hydrogen) atoms. The predicted molar refractivity (Wildman–Crippen MR) is 71.6 cm³/mol. The Bertz CT molecular complexity index is 565. The van der Waals surface area contributed by atoms with Crippen molar-refractivity contribution in [2.45, 2.75) is 18.7 Å². The lowest BCUT2D eigenvalue weighted by Crippen LogP contribution is -2.06. The number of benzene rings is 1. The second-order valence-corrected chi connectivity index (χ2v) is 7.53. The lowest BCUT2D eigenvalue weighted by molar-refractivity contribution is 0.101. The minimum atomic E-state index is -3.03. The number of carbonyl (C=O) groups is 1. The maximum Gasteiger partial charge on any atom is 0.161 e. The van der Waals surface area contributed by atoms with E-state index in [4.69, 9.17) is 0 Å². The molecule has 1 rings (SSSR count). The average molecular weight is 290 g/mol. The van der Waals surface area contributed by atoms with Crippen molar-refractivity contribution in [2.24, 2.45) is 0 Å². The molecule has 1 aromatic rings. The average Bonchev–Trinajstić information content (AvgIpc) is 2.20. The molecule has 1 aromatic carbocycles. The van der Waals surface area contributed by atoms with Crippen molar-refractivity contribution in [2.75, 3.05) is 17.8 Å². The molecule has 0 atom stereocenters. The second-order valence-electron chi connectivity index (χ2n) is 4.13. The lowest BCUT2D eigenvalue weighted by atomic mass is 10.1. The summed E-state index contributed by atoms with van der Waals surface area (Å²) < 4.78 is 35.4. The molecule has 3 nitrogen and oxygen atoms in total. The van der Waals surface area contributed by atoms with Crippen LogP contribution in [0.2, 0.25) is 0 Å². The van der Waals surface area contributed by atoms with Crippen LogP contribution in [0, 0.1) is 12.7 Å². The van der Waals surface area contributed by atoms with Gasteiger partial charge in [0, 0.05) is 22.5 Å². The summed E-state index contributed by atoms with van der Waals surface area (Å²) in [6.45, 7) is 2.98. The summed E-state index contributed by atoms with van der Waals surface area (Å²) in [6.07, 6.45) is 1.16. The van der Waals surface area contributed by atoms with Gasteiger partial charge in [-0.2, -0.15) is 0 Å². The van der Waals surface area contributed by atoms with Crippen molar-refractivity contribution < 1.29 is 17.6 Å². The van der Waals surface area contributed by atoms with Gasteiger partial charge < -0.3 is 0 Å². The third-order valence-electron chi connectivity index (χ3n) is 2.35. The summed E-state index contributed by atoms with van der Waals surface area (Å²) in [6, 6.07) is 2.79. The molecule has 0 N–H and O–H groups in total. The summed E-state index contributed by atoms with van der Waals surface area (Å²) in [4.78, 5) is 12.0. The van der Waals surface area contributed by atoms with Crippen LogP contribution in [0.3, 0.4) is 0 Å². The first-order valence-electron chi connectivity index (χ1n) is 5.32. The highest BCUT2D eigenvalue weighted by molar-refractivity contribution is 8.00. The Hall–Kier alpha value is -0.880. The van der Waals surface area contributed by atoms with Crippen LogP contribution in [0.5, 0.6) is 0 Å². The minimum absolute atomic E-state index is 0.0332. The first kappa shape index (κ1) is 15.2. The lowest BCUT2D eigenvalue weighted by Gasteiger charge is -2.08. The molecular weight excluding hydrogens is 275 g/mol. The first-order chi connectivity index (χ1) is 8.20. The maximum absolute atomic E-state index is 13.4. The van der Waals surface area contributed by atoms with Gasteiger partial charge in [0.15, 0.2) is 5.78 Å². The van der Waals surface area contributed by atoms with Crippen LogP contribution in [-0.4, -0.2) is 32.0 Å². The molecule has 0 radical (unpaired) electrons. The van der Waals surface area contributed by atoms with Crippen molar-refractivity contribution in [1.29, 1.82) is 0 Å². The second kappa shape index (κ2) is 5.84. The first-order valence-corrected chi connectivity index (χ1v) is 8.37. The van der Waals surface area contributed by atoms with E-state index in [0.717, 1.165) is 6.26 Å². The number of ketones is 1. The van der Waals surface area contributed by atoms with Crippen molar-refractivity contribution in [1.82, 2.24) is 0 Å².